The molecule has 0 heterocycles. The van der Waals surface area contributed by atoms with Gasteiger partial charge in [-0.05, 0) is 40.6 Å². The van der Waals surface area contributed by atoms with Crippen molar-refractivity contribution in [2.24, 2.45) is 5.10 Å². The quantitative estimate of drug-likeness (QED) is 0.589. The molecule has 3 aromatic carbocycles. The molecule has 0 saturated carbocycles. The van der Waals surface area contributed by atoms with E-state index in [1.807, 2.05) is 79.7 Å². The summed E-state index contributed by atoms with van der Waals surface area (Å²) in [6.45, 7) is 0. The number of carbonyl (C=O) groups is 1. The Labute approximate surface area is 141 Å². The fourth-order valence-corrected chi connectivity index (χ4v) is 2.42. The molecule has 0 atom stereocenters. The van der Waals surface area contributed by atoms with Gasteiger partial charge in [-0.15, -0.1) is 0 Å². The molecule has 0 aliphatic rings. The maximum atomic E-state index is 12.2. The Hall–Kier alpha value is -3.14. The number of hydrogen-bond acceptors (Lipinski definition) is 3. The molecule has 4 nitrogen and oxygen atoms in total. The summed E-state index contributed by atoms with van der Waals surface area (Å²) in [5, 5.41) is 6.18. The number of anilines is 1. The Morgan fingerprint density at radius 1 is 0.958 bits per heavy atom. The van der Waals surface area contributed by atoms with Gasteiger partial charge < -0.3 is 4.90 Å². The highest BCUT2D eigenvalue weighted by molar-refractivity contribution is 5.98. The molecular formula is C20H19N3O. The van der Waals surface area contributed by atoms with Gasteiger partial charge in [-0.25, -0.2) is 5.43 Å². The van der Waals surface area contributed by atoms with Crippen molar-refractivity contribution >= 4 is 28.6 Å². The Morgan fingerprint density at radius 3 is 2.38 bits per heavy atom. The van der Waals surface area contributed by atoms with E-state index in [1.54, 1.807) is 12.3 Å². The highest BCUT2D eigenvalue weighted by atomic mass is 16.2. The molecule has 0 bridgehead atoms. The van der Waals surface area contributed by atoms with Gasteiger partial charge in [0.1, 0.15) is 0 Å². The maximum absolute atomic E-state index is 12.2. The van der Waals surface area contributed by atoms with E-state index in [-0.39, 0.29) is 5.91 Å². The average Bonchev–Trinajstić information content (AvgIpc) is 2.61. The summed E-state index contributed by atoms with van der Waals surface area (Å²) in [6.07, 6.45) is 1.64. The first-order chi connectivity index (χ1) is 11.6. The van der Waals surface area contributed by atoms with E-state index in [2.05, 4.69) is 10.5 Å². The zero-order valence-electron chi connectivity index (χ0n) is 13.7. The van der Waals surface area contributed by atoms with Gasteiger partial charge in [0.2, 0.25) is 0 Å². The fraction of sp³-hybridized carbons (Fsp3) is 0.100. The van der Waals surface area contributed by atoms with Crippen molar-refractivity contribution in [1.29, 1.82) is 0 Å². The zero-order valence-corrected chi connectivity index (χ0v) is 13.7. The molecule has 0 fully saturated rings. The minimum absolute atomic E-state index is 0.220. The Balaban J connectivity index is 1.67. The predicted molar refractivity (Wildman–Crippen MR) is 99.8 cm³/mol. The molecule has 0 aromatic heterocycles. The van der Waals surface area contributed by atoms with E-state index in [4.69, 9.17) is 0 Å². The number of nitrogens with one attached hydrogen (secondary N) is 1. The fourth-order valence-electron chi connectivity index (χ4n) is 2.42. The van der Waals surface area contributed by atoms with E-state index in [1.165, 1.54) is 0 Å². The molecule has 3 rings (SSSR count). The summed E-state index contributed by atoms with van der Waals surface area (Å²) in [6, 6.07) is 21.5. The largest absolute Gasteiger partial charge is 0.378 e. The third-order valence-electron chi connectivity index (χ3n) is 3.80. The molecule has 1 amide bonds. The first-order valence-corrected chi connectivity index (χ1v) is 7.73. The molecule has 0 spiro atoms. The SMILES string of the molecule is CN(C)c1ccc(C=NNC(=O)c2ccc3ccccc3c2)cc1. The van der Waals surface area contributed by atoms with E-state index in [0.29, 0.717) is 5.56 Å². The second-order valence-corrected chi connectivity index (χ2v) is 5.75. The Bertz CT molecular complexity index is 883. The van der Waals surface area contributed by atoms with Crippen LogP contribution >= 0.6 is 0 Å². The van der Waals surface area contributed by atoms with Gasteiger partial charge in [0, 0.05) is 25.3 Å². The van der Waals surface area contributed by atoms with Crippen LogP contribution in [0.3, 0.4) is 0 Å². The lowest BCUT2D eigenvalue weighted by Crippen LogP contribution is -2.17. The summed E-state index contributed by atoms with van der Waals surface area (Å²) < 4.78 is 0. The third-order valence-corrected chi connectivity index (χ3v) is 3.80. The topological polar surface area (TPSA) is 44.7 Å². The molecule has 0 radical (unpaired) electrons. The molecule has 1 N–H and O–H groups in total. The van der Waals surface area contributed by atoms with Crippen molar-refractivity contribution in [2.45, 2.75) is 0 Å². The van der Waals surface area contributed by atoms with Gasteiger partial charge in [-0.2, -0.15) is 5.10 Å². The smallest absolute Gasteiger partial charge is 0.271 e. The monoisotopic (exact) mass is 317 g/mol. The van der Waals surface area contributed by atoms with Crippen LogP contribution in [0.5, 0.6) is 0 Å². The van der Waals surface area contributed by atoms with Gasteiger partial charge in [0.05, 0.1) is 6.21 Å². The molecular weight excluding hydrogens is 298 g/mol. The standard InChI is InChI=1S/C20H19N3O/c1-23(2)19-11-7-15(8-12-19)14-21-22-20(24)18-10-9-16-5-3-4-6-17(16)13-18/h3-14H,1-2H3,(H,22,24). The minimum Gasteiger partial charge on any atom is -0.378 e. The number of carbonyl (C=O) groups excluding carboxylic acids is 1. The van der Waals surface area contributed by atoms with Crippen molar-refractivity contribution in [2.75, 3.05) is 19.0 Å². The maximum Gasteiger partial charge on any atom is 0.271 e. The molecule has 120 valence electrons. The molecule has 0 aliphatic heterocycles. The highest BCUT2D eigenvalue weighted by Gasteiger charge is 2.04. The highest BCUT2D eigenvalue weighted by Crippen LogP contribution is 2.15. The van der Waals surface area contributed by atoms with Crippen molar-refractivity contribution in [3.63, 3.8) is 0 Å². The van der Waals surface area contributed by atoms with Crippen molar-refractivity contribution in [3.8, 4) is 0 Å². The van der Waals surface area contributed by atoms with Crippen molar-refractivity contribution < 1.29 is 4.79 Å². The molecule has 3 aromatic rings. The van der Waals surface area contributed by atoms with Gasteiger partial charge in [-0.1, -0.05) is 42.5 Å². The number of hydrogen-bond donors (Lipinski definition) is 1. The van der Waals surface area contributed by atoms with Crippen LogP contribution in [0.1, 0.15) is 15.9 Å². The number of hydrazone groups is 1. The first-order valence-electron chi connectivity index (χ1n) is 7.73. The number of amides is 1. The van der Waals surface area contributed by atoms with Gasteiger partial charge >= 0.3 is 0 Å². The molecule has 4 heteroatoms. The summed E-state index contributed by atoms with van der Waals surface area (Å²) >= 11 is 0. The second-order valence-electron chi connectivity index (χ2n) is 5.75. The minimum atomic E-state index is -0.220. The van der Waals surface area contributed by atoms with Crippen LogP contribution in [0.25, 0.3) is 10.8 Å². The van der Waals surface area contributed by atoms with Crippen LogP contribution in [0.15, 0.2) is 71.8 Å². The Kier molecular flexibility index (Phi) is 4.57. The van der Waals surface area contributed by atoms with Crippen molar-refractivity contribution in [3.05, 3.63) is 77.9 Å². The van der Waals surface area contributed by atoms with Crippen LogP contribution in [-0.2, 0) is 0 Å². The van der Waals surface area contributed by atoms with Crippen LogP contribution in [0.2, 0.25) is 0 Å². The molecule has 0 saturated heterocycles. The first kappa shape index (κ1) is 15.7. The average molecular weight is 317 g/mol. The molecule has 0 aliphatic carbocycles. The lowest BCUT2D eigenvalue weighted by Gasteiger charge is -2.11. The van der Waals surface area contributed by atoms with E-state index in [0.717, 1.165) is 22.0 Å². The van der Waals surface area contributed by atoms with Crippen LogP contribution in [0, 0.1) is 0 Å². The lowest BCUT2D eigenvalue weighted by molar-refractivity contribution is 0.0955. The third kappa shape index (κ3) is 3.60. The predicted octanol–water partition coefficient (Wildman–Crippen LogP) is 3.67. The van der Waals surface area contributed by atoms with Crippen molar-refractivity contribution in [1.82, 2.24) is 5.43 Å². The van der Waals surface area contributed by atoms with Gasteiger partial charge in [0.25, 0.3) is 5.91 Å². The van der Waals surface area contributed by atoms with E-state index >= 15 is 0 Å². The number of nitrogens with zero attached hydrogens (tertiary/aromatic N) is 2. The van der Waals surface area contributed by atoms with Crippen LogP contribution in [0.4, 0.5) is 5.69 Å². The van der Waals surface area contributed by atoms with Gasteiger partial charge in [-0.3, -0.25) is 4.79 Å². The van der Waals surface area contributed by atoms with E-state index in [9.17, 15) is 4.79 Å². The summed E-state index contributed by atoms with van der Waals surface area (Å²) in [4.78, 5) is 14.2. The summed E-state index contributed by atoms with van der Waals surface area (Å²) in [5.74, 6) is -0.220. The van der Waals surface area contributed by atoms with Crippen LogP contribution in [-0.4, -0.2) is 26.2 Å². The summed E-state index contributed by atoms with van der Waals surface area (Å²) in [7, 11) is 3.99. The number of benzene rings is 3. The number of rotatable bonds is 4. The molecule has 24 heavy (non-hydrogen) atoms. The summed E-state index contributed by atoms with van der Waals surface area (Å²) in [5.41, 5.74) is 5.21. The molecule has 0 unspecified atom stereocenters. The zero-order chi connectivity index (χ0) is 16.9. The normalized spacial score (nSPS) is 10.9. The Morgan fingerprint density at radius 2 is 1.67 bits per heavy atom. The second kappa shape index (κ2) is 6.96. The number of fused-ring (bicyclic) bond motifs is 1. The lowest BCUT2D eigenvalue weighted by atomic mass is 10.1. The van der Waals surface area contributed by atoms with Crippen LogP contribution < -0.4 is 10.3 Å². The van der Waals surface area contributed by atoms with E-state index < -0.39 is 0 Å². The van der Waals surface area contributed by atoms with Gasteiger partial charge in [0.15, 0.2) is 0 Å².